The Morgan fingerprint density at radius 3 is 2.75 bits per heavy atom. The van der Waals surface area contributed by atoms with Crippen molar-refractivity contribution in [1.29, 1.82) is 0 Å². The summed E-state index contributed by atoms with van der Waals surface area (Å²) in [5.74, 6) is -0.0751. The van der Waals surface area contributed by atoms with Crippen LogP contribution in [0.1, 0.15) is 5.56 Å². The van der Waals surface area contributed by atoms with Crippen molar-refractivity contribution in [3.8, 4) is 0 Å². The van der Waals surface area contributed by atoms with Crippen LogP contribution in [0.5, 0.6) is 0 Å². The first-order chi connectivity index (χ1) is 7.77. The molecule has 0 radical (unpaired) electrons. The summed E-state index contributed by atoms with van der Waals surface area (Å²) in [6, 6.07) is 3.76. The van der Waals surface area contributed by atoms with Crippen LogP contribution < -0.4 is 5.73 Å². The van der Waals surface area contributed by atoms with Crippen molar-refractivity contribution in [2.75, 3.05) is 26.8 Å². The molecule has 0 aliphatic heterocycles. The highest BCUT2D eigenvalue weighted by atomic mass is 16.5. The highest BCUT2D eigenvalue weighted by molar-refractivity contribution is 5.78. The van der Waals surface area contributed by atoms with Gasteiger partial charge in [-0.05, 0) is 17.7 Å². The summed E-state index contributed by atoms with van der Waals surface area (Å²) in [4.78, 5) is 17.2. The van der Waals surface area contributed by atoms with Crippen molar-refractivity contribution >= 4 is 5.91 Å². The second-order valence-electron chi connectivity index (χ2n) is 3.37. The van der Waals surface area contributed by atoms with Crippen molar-refractivity contribution < 1.29 is 9.53 Å². The average molecular weight is 223 g/mol. The van der Waals surface area contributed by atoms with Gasteiger partial charge in [0.05, 0.1) is 13.2 Å². The first kappa shape index (κ1) is 12.6. The maximum Gasteiger partial charge on any atom is 0.236 e. The molecule has 1 rings (SSSR count). The molecular formula is C11H17N3O2. The molecule has 0 spiro atoms. The van der Waals surface area contributed by atoms with E-state index < -0.39 is 0 Å². The molecular weight excluding hydrogens is 206 g/mol. The third-order valence-corrected chi connectivity index (χ3v) is 2.22. The molecule has 1 amide bonds. The van der Waals surface area contributed by atoms with Crippen molar-refractivity contribution in [3.05, 3.63) is 30.1 Å². The Morgan fingerprint density at radius 1 is 1.50 bits per heavy atom. The summed E-state index contributed by atoms with van der Waals surface area (Å²) < 4.78 is 4.96. The molecule has 0 aromatic carbocycles. The fraction of sp³-hybridized carbons (Fsp3) is 0.455. The molecule has 1 heterocycles. The minimum atomic E-state index is -0.0751. The molecule has 0 atom stereocenters. The Hall–Kier alpha value is -1.46. The highest BCUT2D eigenvalue weighted by Crippen LogP contribution is 2.03. The summed E-state index contributed by atoms with van der Waals surface area (Å²) in [5, 5.41) is 0. The van der Waals surface area contributed by atoms with Crippen LogP contribution in [-0.4, -0.2) is 42.6 Å². The normalized spacial score (nSPS) is 10.1. The van der Waals surface area contributed by atoms with Crippen molar-refractivity contribution in [3.63, 3.8) is 0 Å². The van der Waals surface area contributed by atoms with Gasteiger partial charge in [-0.2, -0.15) is 0 Å². The summed E-state index contributed by atoms with van der Waals surface area (Å²) in [6.45, 7) is 1.63. The third-order valence-electron chi connectivity index (χ3n) is 2.22. The van der Waals surface area contributed by atoms with Crippen LogP contribution in [-0.2, 0) is 16.1 Å². The number of nitrogens with zero attached hydrogens (tertiary/aromatic N) is 2. The number of carbonyl (C=O) groups excluding carboxylic acids is 1. The lowest BCUT2D eigenvalue weighted by molar-refractivity contribution is -0.130. The Bertz CT molecular complexity index is 316. The monoisotopic (exact) mass is 223 g/mol. The SMILES string of the molecule is COCCN(Cc1ccncc1)C(=O)CN. The van der Waals surface area contributed by atoms with E-state index in [1.165, 1.54) is 0 Å². The van der Waals surface area contributed by atoms with Crippen LogP contribution in [0.15, 0.2) is 24.5 Å². The summed E-state index contributed by atoms with van der Waals surface area (Å²) >= 11 is 0. The van der Waals surface area contributed by atoms with Gasteiger partial charge in [0.2, 0.25) is 5.91 Å². The van der Waals surface area contributed by atoms with E-state index in [0.29, 0.717) is 19.7 Å². The number of nitrogens with two attached hydrogens (primary N) is 1. The van der Waals surface area contributed by atoms with Gasteiger partial charge in [0.15, 0.2) is 0 Å². The number of methoxy groups -OCH3 is 1. The number of aromatic nitrogens is 1. The zero-order valence-electron chi connectivity index (χ0n) is 9.43. The molecule has 0 aliphatic carbocycles. The van der Waals surface area contributed by atoms with Gasteiger partial charge in [-0.25, -0.2) is 0 Å². The van der Waals surface area contributed by atoms with Crippen LogP contribution in [0.25, 0.3) is 0 Å². The van der Waals surface area contributed by atoms with E-state index in [0.717, 1.165) is 5.56 Å². The van der Waals surface area contributed by atoms with Crippen molar-refractivity contribution in [2.24, 2.45) is 5.73 Å². The molecule has 5 nitrogen and oxygen atoms in total. The van der Waals surface area contributed by atoms with Gasteiger partial charge in [0.25, 0.3) is 0 Å². The van der Waals surface area contributed by atoms with Gasteiger partial charge in [-0.1, -0.05) is 0 Å². The average Bonchev–Trinajstić information content (AvgIpc) is 2.34. The van der Waals surface area contributed by atoms with Gasteiger partial charge in [0, 0.05) is 32.6 Å². The van der Waals surface area contributed by atoms with Gasteiger partial charge in [-0.3, -0.25) is 9.78 Å². The molecule has 0 unspecified atom stereocenters. The van der Waals surface area contributed by atoms with E-state index in [-0.39, 0.29) is 12.5 Å². The van der Waals surface area contributed by atoms with Gasteiger partial charge in [-0.15, -0.1) is 0 Å². The first-order valence-corrected chi connectivity index (χ1v) is 5.13. The molecule has 16 heavy (non-hydrogen) atoms. The molecule has 0 fully saturated rings. The van der Waals surface area contributed by atoms with E-state index in [1.807, 2.05) is 12.1 Å². The van der Waals surface area contributed by atoms with Gasteiger partial charge < -0.3 is 15.4 Å². The molecule has 0 bridgehead atoms. The number of hydrogen-bond donors (Lipinski definition) is 1. The van der Waals surface area contributed by atoms with E-state index in [2.05, 4.69) is 4.98 Å². The second kappa shape index (κ2) is 6.92. The zero-order valence-corrected chi connectivity index (χ0v) is 9.43. The van der Waals surface area contributed by atoms with Crippen LogP contribution >= 0.6 is 0 Å². The number of rotatable bonds is 6. The van der Waals surface area contributed by atoms with Crippen LogP contribution in [0.3, 0.4) is 0 Å². The lowest BCUT2D eigenvalue weighted by atomic mass is 10.2. The quantitative estimate of drug-likeness (QED) is 0.738. The highest BCUT2D eigenvalue weighted by Gasteiger charge is 2.11. The lowest BCUT2D eigenvalue weighted by Gasteiger charge is -2.21. The Kier molecular flexibility index (Phi) is 5.45. The number of carbonyl (C=O) groups is 1. The Balaban J connectivity index is 2.59. The molecule has 5 heteroatoms. The zero-order chi connectivity index (χ0) is 11.8. The maximum absolute atomic E-state index is 11.6. The van der Waals surface area contributed by atoms with Crippen LogP contribution in [0.4, 0.5) is 0 Å². The van der Waals surface area contributed by atoms with E-state index in [4.69, 9.17) is 10.5 Å². The maximum atomic E-state index is 11.6. The second-order valence-corrected chi connectivity index (χ2v) is 3.37. The summed E-state index contributed by atoms with van der Waals surface area (Å²) in [7, 11) is 1.61. The van der Waals surface area contributed by atoms with Crippen molar-refractivity contribution in [2.45, 2.75) is 6.54 Å². The van der Waals surface area contributed by atoms with Crippen LogP contribution in [0.2, 0.25) is 0 Å². The van der Waals surface area contributed by atoms with Crippen LogP contribution in [0, 0.1) is 0 Å². The number of ether oxygens (including phenoxy) is 1. The predicted molar refractivity (Wildman–Crippen MR) is 60.6 cm³/mol. The molecule has 1 aromatic heterocycles. The molecule has 0 saturated carbocycles. The fourth-order valence-corrected chi connectivity index (χ4v) is 1.33. The Morgan fingerprint density at radius 2 is 2.19 bits per heavy atom. The fourth-order valence-electron chi connectivity index (χ4n) is 1.33. The molecule has 2 N–H and O–H groups in total. The summed E-state index contributed by atoms with van der Waals surface area (Å²) in [6.07, 6.45) is 3.41. The number of hydrogen-bond acceptors (Lipinski definition) is 4. The van der Waals surface area contributed by atoms with E-state index in [9.17, 15) is 4.79 Å². The molecule has 1 aromatic rings. The number of amides is 1. The lowest BCUT2D eigenvalue weighted by Crippen LogP contribution is -2.37. The minimum Gasteiger partial charge on any atom is -0.383 e. The number of pyridine rings is 1. The van der Waals surface area contributed by atoms with E-state index in [1.54, 1.807) is 24.4 Å². The minimum absolute atomic E-state index is 0.0226. The van der Waals surface area contributed by atoms with Crippen molar-refractivity contribution in [1.82, 2.24) is 9.88 Å². The first-order valence-electron chi connectivity index (χ1n) is 5.13. The van der Waals surface area contributed by atoms with E-state index >= 15 is 0 Å². The molecule has 0 aliphatic rings. The smallest absolute Gasteiger partial charge is 0.236 e. The molecule has 0 saturated heterocycles. The van der Waals surface area contributed by atoms with Gasteiger partial charge >= 0.3 is 0 Å². The standard InChI is InChI=1S/C11H17N3O2/c1-16-7-6-14(11(15)8-12)9-10-2-4-13-5-3-10/h2-5H,6-9,12H2,1H3. The predicted octanol–water partition coefficient (Wildman–Crippen LogP) is 0.0153. The third kappa shape index (κ3) is 3.96. The summed E-state index contributed by atoms with van der Waals surface area (Å²) in [5.41, 5.74) is 6.39. The van der Waals surface area contributed by atoms with Gasteiger partial charge in [0.1, 0.15) is 0 Å². The Labute approximate surface area is 95.2 Å². The topological polar surface area (TPSA) is 68.5 Å². The molecule has 88 valence electrons. The largest absolute Gasteiger partial charge is 0.383 e.